The molecule has 2 heterocycles. The number of rotatable bonds is 2. The Balaban J connectivity index is 1.88. The number of likely N-dealkylation sites (N-methyl/N-ethyl adjacent to an activating group) is 4. The summed E-state index contributed by atoms with van der Waals surface area (Å²) < 4.78 is 0. The molecule has 2 aromatic carbocycles. The van der Waals surface area contributed by atoms with Crippen LogP contribution >= 0.6 is 0 Å². The average Bonchev–Trinajstić information content (AvgIpc) is 3.12. The fourth-order valence-electron chi connectivity index (χ4n) is 3.63. The molecule has 0 radical (unpaired) electrons. The van der Waals surface area contributed by atoms with Gasteiger partial charge in [-0.2, -0.15) is 0 Å². The van der Waals surface area contributed by atoms with Crippen LogP contribution in [0.5, 0.6) is 0 Å². The van der Waals surface area contributed by atoms with Crippen LogP contribution in [0.3, 0.4) is 0 Å². The van der Waals surface area contributed by atoms with E-state index in [1.807, 2.05) is 0 Å². The van der Waals surface area contributed by atoms with Gasteiger partial charge in [0.2, 0.25) is 11.9 Å². The lowest BCUT2D eigenvalue weighted by Gasteiger charge is -2.18. The van der Waals surface area contributed by atoms with Gasteiger partial charge in [-0.3, -0.25) is 0 Å². The van der Waals surface area contributed by atoms with Gasteiger partial charge in [-0.1, -0.05) is 24.3 Å². The van der Waals surface area contributed by atoms with Gasteiger partial charge >= 0.3 is 0 Å². The first-order chi connectivity index (χ1) is 12.5. The summed E-state index contributed by atoms with van der Waals surface area (Å²) in [6, 6.07) is 12.6. The van der Waals surface area contributed by atoms with Crippen LogP contribution in [0.4, 0.5) is 11.4 Å². The van der Waals surface area contributed by atoms with Crippen molar-refractivity contribution in [1.29, 1.82) is 0 Å². The predicted molar refractivity (Wildman–Crippen MR) is 109 cm³/mol. The molecule has 2 aliphatic rings. The Morgan fingerprint density at radius 3 is 1.38 bits per heavy atom. The summed E-state index contributed by atoms with van der Waals surface area (Å²) >= 11 is 0. The van der Waals surface area contributed by atoms with Crippen molar-refractivity contribution >= 4 is 34.1 Å². The van der Waals surface area contributed by atoms with Gasteiger partial charge in [0.25, 0.3) is 0 Å². The molecule has 2 fully saturated rings. The number of nitrogens with zero attached hydrogens (tertiary/aromatic N) is 6. The van der Waals surface area contributed by atoms with Crippen LogP contribution in [0.2, 0.25) is 0 Å². The van der Waals surface area contributed by atoms with Crippen LogP contribution in [-0.4, -0.2) is 85.9 Å². The van der Waals surface area contributed by atoms with Crippen LogP contribution in [0.15, 0.2) is 46.4 Å². The monoisotopic (exact) mass is 350 g/mol. The largest absolute Gasteiger partial charge is 0.344 e. The molecule has 0 unspecified atom stereocenters. The molecule has 0 aromatic heterocycles. The van der Waals surface area contributed by atoms with Gasteiger partial charge in [-0.15, -0.1) is 0 Å². The summed E-state index contributed by atoms with van der Waals surface area (Å²) in [5.74, 6) is 2.02. The maximum absolute atomic E-state index is 4.99. The first-order valence-corrected chi connectivity index (χ1v) is 9.08. The van der Waals surface area contributed by atoms with E-state index in [-0.39, 0.29) is 0 Å². The van der Waals surface area contributed by atoms with Gasteiger partial charge in [-0.05, 0) is 17.5 Å². The fraction of sp³-hybridized carbons (Fsp3) is 0.400. The number of fused-ring (bicyclic) bond motifs is 1. The normalized spacial score (nSPS) is 17.7. The molecule has 0 saturated carbocycles. The van der Waals surface area contributed by atoms with E-state index in [9.17, 15) is 0 Å². The van der Waals surface area contributed by atoms with E-state index in [0.717, 1.165) is 54.9 Å². The first-order valence-electron chi connectivity index (χ1n) is 9.08. The van der Waals surface area contributed by atoms with Crippen molar-refractivity contribution in [1.82, 2.24) is 19.6 Å². The lowest BCUT2D eigenvalue weighted by Crippen LogP contribution is -2.28. The van der Waals surface area contributed by atoms with Crippen molar-refractivity contribution < 1.29 is 0 Å². The van der Waals surface area contributed by atoms with E-state index in [4.69, 9.17) is 9.98 Å². The maximum Gasteiger partial charge on any atom is 0.201 e. The third kappa shape index (κ3) is 2.85. The van der Waals surface area contributed by atoms with Crippen molar-refractivity contribution in [2.75, 3.05) is 54.4 Å². The molecule has 6 nitrogen and oxygen atoms in total. The molecule has 26 heavy (non-hydrogen) atoms. The zero-order chi connectivity index (χ0) is 18.3. The molecule has 4 rings (SSSR count). The lowest BCUT2D eigenvalue weighted by molar-refractivity contribution is 0.553. The van der Waals surface area contributed by atoms with Crippen LogP contribution in [-0.2, 0) is 0 Å². The van der Waals surface area contributed by atoms with Gasteiger partial charge in [0.1, 0.15) is 0 Å². The first kappa shape index (κ1) is 16.7. The van der Waals surface area contributed by atoms with E-state index >= 15 is 0 Å². The second kappa shape index (κ2) is 6.52. The lowest BCUT2D eigenvalue weighted by atomic mass is 10.1. The summed E-state index contributed by atoms with van der Waals surface area (Å²) in [5.41, 5.74) is 1.95. The summed E-state index contributed by atoms with van der Waals surface area (Å²) in [5, 5.41) is 2.28. The van der Waals surface area contributed by atoms with Crippen molar-refractivity contribution in [2.24, 2.45) is 9.98 Å². The zero-order valence-corrected chi connectivity index (χ0v) is 16.0. The topological polar surface area (TPSA) is 37.7 Å². The van der Waals surface area contributed by atoms with Crippen LogP contribution in [0.25, 0.3) is 10.8 Å². The second-order valence-corrected chi connectivity index (χ2v) is 7.16. The highest BCUT2D eigenvalue weighted by Gasteiger charge is 2.22. The number of benzene rings is 2. The van der Waals surface area contributed by atoms with Crippen LogP contribution in [0, 0.1) is 0 Å². The van der Waals surface area contributed by atoms with E-state index in [1.165, 1.54) is 5.39 Å². The molecular weight excluding hydrogens is 324 g/mol. The Bertz CT molecular complexity index is 794. The Kier molecular flexibility index (Phi) is 4.18. The molecular formula is C20H26N6. The molecule has 0 aliphatic carbocycles. The Hall–Kier alpha value is -2.76. The van der Waals surface area contributed by atoms with Gasteiger partial charge in [0, 0.05) is 59.8 Å². The van der Waals surface area contributed by atoms with Gasteiger partial charge in [0.15, 0.2) is 0 Å². The van der Waals surface area contributed by atoms with Crippen LogP contribution < -0.4 is 0 Å². The molecule has 2 saturated heterocycles. The second-order valence-electron chi connectivity index (χ2n) is 7.16. The van der Waals surface area contributed by atoms with Gasteiger partial charge in [-0.25, -0.2) is 9.98 Å². The maximum atomic E-state index is 4.99. The molecule has 2 aromatic rings. The highest BCUT2D eigenvalue weighted by molar-refractivity contribution is 6.04. The average molecular weight is 350 g/mol. The summed E-state index contributed by atoms with van der Waals surface area (Å²) in [6.07, 6.45) is 0. The number of hydrogen-bond acceptors (Lipinski definition) is 2. The molecule has 0 spiro atoms. The molecule has 6 heteroatoms. The van der Waals surface area contributed by atoms with Crippen molar-refractivity contribution in [2.45, 2.75) is 0 Å². The molecule has 136 valence electrons. The number of hydrogen-bond donors (Lipinski definition) is 0. The van der Waals surface area contributed by atoms with E-state index < -0.39 is 0 Å². The van der Waals surface area contributed by atoms with E-state index in [1.54, 1.807) is 0 Å². The van der Waals surface area contributed by atoms with Gasteiger partial charge < -0.3 is 19.6 Å². The summed E-state index contributed by atoms with van der Waals surface area (Å²) in [6.45, 7) is 4.02. The molecule has 0 atom stereocenters. The summed E-state index contributed by atoms with van der Waals surface area (Å²) in [7, 11) is 8.38. The minimum atomic E-state index is 0.973. The minimum absolute atomic E-state index is 0.973. The fourth-order valence-corrected chi connectivity index (χ4v) is 3.63. The Morgan fingerprint density at radius 2 is 1.00 bits per heavy atom. The molecule has 2 aliphatic heterocycles. The Morgan fingerprint density at radius 1 is 0.615 bits per heavy atom. The summed E-state index contributed by atoms with van der Waals surface area (Å²) in [4.78, 5) is 18.8. The highest BCUT2D eigenvalue weighted by atomic mass is 15.4. The van der Waals surface area contributed by atoms with E-state index in [0.29, 0.717) is 0 Å². The minimum Gasteiger partial charge on any atom is -0.344 e. The molecule has 0 N–H and O–H groups in total. The Labute approximate surface area is 155 Å². The smallest absolute Gasteiger partial charge is 0.201 e. The quantitative estimate of drug-likeness (QED) is 0.834. The standard InChI is InChI=1S/C20H26N6/c1-23-11-12-24(2)19(23)21-16-9-5-7-15-8-6-10-17(18(15)16)22-20-25(3)13-14-26(20)4/h5-10H,11-14H2,1-4H3. The SMILES string of the molecule is CN1CCN(C)C1=Nc1cccc2cccc(N=C3N(C)CCN3C)c12. The van der Waals surface area contributed by atoms with Crippen molar-refractivity contribution in [3.05, 3.63) is 36.4 Å². The third-order valence-corrected chi connectivity index (χ3v) is 5.21. The van der Waals surface area contributed by atoms with Crippen molar-refractivity contribution in [3.8, 4) is 0 Å². The van der Waals surface area contributed by atoms with E-state index in [2.05, 4.69) is 84.2 Å². The van der Waals surface area contributed by atoms with Crippen molar-refractivity contribution in [3.63, 3.8) is 0 Å². The van der Waals surface area contributed by atoms with Gasteiger partial charge in [0.05, 0.1) is 11.4 Å². The van der Waals surface area contributed by atoms with Crippen LogP contribution in [0.1, 0.15) is 0 Å². The molecule has 0 amide bonds. The highest BCUT2D eigenvalue weighted by Crippen LogP contribution is 2.35. The number of guanidine groups is 2. The molecule has 0 bridgehead atoms. The third-order valence-electron chi connectivity index (χ3n) is 5.21. The predicted octanol–water partition coefficient (Wildman–Crippen LogP) is 2.57. The number of aliphatic imine (C=N–C) groups is 2. The zero-order valence-electron chi connectivity index (χ0n) is 16.0.